The van der Waals surface area contributed by atoms with Crippen molar-refractivity contribution in [3.05, 3.63) is 16.0 Å². The molecule has 8 heteroatoms. The molecule has 1 rings (SSSR count). The Morgan fingerprint density at radius 1 is 1.17 bits per heavy atom. The van der Waals surface area contributed by atoms with Crippen LogP contribution in [0.2, 0.25) is 0 Å². The molecule has 0 aromatic carbocycles. The number of hydrogen-bond acceptors (Lipinski definition) is 5. The van der Waals surface area contributed by atoms with Gasteiger partial charge in [0, 0.05) is 20.7 Å². The molecule has 0 N–H and O–H groups in total. The summed E-state index contributed by atoms with van der Waals surface area (Å²) >= 11 is 0. The minimum Gasteiger partial charge on any atom is -0.486 e. The molecule has 1 aromatic heterocycles. The normalized spacial score (nSPS) is 10.9. The van der Waals surface area contributed by atoms with E-state index in [1.807, 2.05) is 6.92 Å². The molecule has 0 spiro atoms. The van der Waals surface area contributed by atoms with Crippen molar-refractivity contribution >= 4 is 5.91 Å². The highest BCUT2D eigenvalue weighted by Gasteiger charge is 2.28. The summed E-state index contributed by atoms with van der Waals surface area (Å²) in [4.78, 5) is 30.0. The highest BCUT2D eigenvalue weighted by molar-refractivity contribution is 5.94. The molecule has 0 aliphatic carbocycles. The molecule has 1 aromatic rings. The average Bonchev–Trinajstić information content (AvgIpc) is 2.82. The molecular weight excluding hydrogens is 314 g/mol. The van der Waals surface area contributed by atoms with E-state index in [0.717, 1.165) is 30.7 Å². The number of carbonyl (C=O) groups excluding carboxylic acids is 1. The maximum atomic E-state index is 12.6. The fraction of sp³-hybridized carbons (Fsp3) is 0.750. The van der Waals surface area contributed by atoms with Crippen molar-refractivity contribution in [1.82, 2.24) is 14.4 Å². The minimum atomic E-state index is -0.458. The van der Waals surface area contributed by atoms with E-state index in [-0.39, 0.29) is 23.7 Å². The standard InChI is InChI=1S/C16H29N3O5/c1-6-8-10-23-12-19-13(15(20)18(4)22-5)14(16(21)17(19)3)24-11-9-7-2/h6-12H2,1-5H3. The van der Waals surface area contributed by atoms with Gasteiger partial charge in [0.05, 0.1) is 13.7 Å². The molecule has 1 amide bonds. The van der Waals surface area contributed by atoms with Crippen LogP contribution in [0.5, 0.6) is 5.75 Å². The zero-order valence-electron chi connectivity index (χ0n) is 15.3. The van der Waals surface area contributed by atoms with Gasteiger partial charge in [-0.15, -0.1) is 0 Å². The summed E-state index contributed by atoms with van der Waals surface area (Å²) in [6, 6.07) is 0. The van der Waals surface area contributed by atoms with E-state index in [1.54, 1.807) is 7.05 Å². The van der Waals surface area contributed by atoms with Gasteiger partial charge in [-0.3, -0.25) is 14.4 Å². The molecule has 1 heterocycles. The van der Waals surface area contributed by atoms with Crippen LogP contribution < -0.4 is 10.3 Å². The van der Waals surface area contributed by atoms with Gasteiger partial charge in [0.1, 0.15) is 6.73 Å². The summed E-state index contributed by atoms with van der Waals surface area (Å²) < 4.78 is 14.0. The largest absolute Gasteiger partial charge is 0.486 e. The van der Waals surface area contributed by atoms with Crippen molar-refractivity contribution in [2.75, 3.05) is 27.4 Å². The number of hydroxylamine groups is 2. The lowest BCUT2D eigenvalue weighted by Crippen LogP contribution is -2.30. The molecular formula is C16H29N3O5. The van der Waals surface area contributed by atoms with E-state index in [1.165, 1.54) is 23.5 Å². The summed E-state index contributed by atoms with van der Waals surface area (Å²) in [6.07, 6.45) is 3.65. The number of rotatable bonds is 11. The summed E-state index contributed by atoms with van der Waals surface area (Å²) in [5.74, 6) is -0.417. The number of unbranched alkanes of at least 4 members (excludes halogenated alkanes) is 2. The van der Waals surface area contributed by atoms with Gasteiger partial charge in [0.25, 0.3) is 5.91 Å². The van der Waals surface area contributed by atoms with Crippen LogP contribution in [-0.2, 0) is 23.4 Å². The van der Waals surface area contributed by atoms with Crippen LogP contribution in [-0.4, -0.2) is 47.7 Å². The van der Waals surface area contributed by atoms with E-state index in [4.69, 9.17) is 14.3 Å². The monoisotopic (exact) mass is 343 g/mol. The highest BCUT2D eigenvalue weighted by Crippen LogP contribution is 2.17. The Balaban J connectivity index is 3.16. The van der Waals surface area contributed by atoms with Crippen molar-refractivity contribution in [1.29, 1.82) is 0 Å². The topological polar surface area (TPSA) is 74.9 Å². The summed E-state index contributed by atoms with van der Waals surface area (Å²) in [7, 11) is 4.46. The number of hydrogen-bond donors (Lipinski definition) is 0. The Morgan fingerprint density at radius 2 is 1.79 bits per heavy atom. The van der Waals surface area contributed by atoms with E-state index in [9.17, 15) is 9.59 Å². The Labute approximate surface area is 142 Å². The molecule has 0 bridgehead atoms. The van der Waals surface area contributed by atoms with E-state index in [0.29, 0.717) is 13.2 Å². The van der Waals surface area contributed by atoms with Crippen LogP contribution in [0.15, 0.2) is 4.79 Å². The minimum absolute atomic E-state index is 0.0407. The van der Waals surface area contributed by atoms with Gasteiger partial charge in [-0.05, 0) is 12.8 Å². The molecule has 0 aliphatic rings. The van der Waals surface area contributed by atoms with Gasteiger partial charge in [-0.25, -0.2) is 14.4 Å². The predicted molar refractivity (Wildman–Crippen MR) is 90.0 cm³/mol. The number of amides is 1. The lowest BCUT2D eigenvalue weighted by Gasteiger charge is -2.17. The third-order valence-electron chi connectivity index (χ3n) is 3.69. The second-order valence-corrected chi connectivity index (χ2v) is 5.48. The van der Waals surface area contributed by atoms with Crippen LogP contribution in [0.1, 0.15) is 50.0 Å². The smallest absolute Gasteiger partial charge is 0.309 e. The van der Waals surface area contributed by atoms with Gasteiger partial charge in [0.15, 0.2) is 5.69 Å². The first-order valence-electron chi connectivity index (χ1n) is 8.31. The fourth-order valence-electron chi connectivity index (χ4n) is 2.06. The Hall–Kier alpha value is -1.80. The average molecular weight is 343 g/mol. The summed E-state index contributed by atoms with van der Waals surface area (Å²) in [6.45, 7) is 5.13. The third-order valence-corrected chi connectivity index (χ3v) is 3.69. The zero-order chi connectivity index (χ0) is 18.1. The Bertz CT molecular complexity index is 579. The molecule has 0 saturated heterocycles. The van der Waals surface area contributed by atoms with Gasteiger partial charge in [-0.1, -0.05) is 26.7 Å². The van der Waals surface area contributed by atoms with Crippen LogP contribution in [0, 0.1) is 0 Å². The Kier molecular flexibility index (Phi) is 8.56. The number of carbonyl (C=O) groups is 1. The van der Waals surface area contributed by atoms with Crippen molar-refractivity contribution in [3.63, 3.8) is 0 Å². The molecule has 0 radical (unpaired) electrons. The quantitative estimate of drug-likeness (QED) is 0.452. The predicted octanol–water partition coefficient (Wildman–Crippen LogP) is 1.77. The van der Waals surface area contributed by atoms with Crippen LogP contribution in [0.4, 0.5) is 0 Å². The Morgan fingerprint density at radius 3 is 2.38 bits per heavy atom. The van der Waals surface area contributed by atoms with E-state index < -0.39 is 5.91 Å². The first-order valence-corrected chi connectivity index (χ1v) is 8.31. The molecule has 0 saturated carbocycles. The molecule has 8 nitrogen and oxygen atoms in total. The second kappa shape index (κ2) is 10.1. The van der Waals surface area contributed by atoms with E-state index in [2.05, 4.69) is 6.92 Å². The summed E-state index contributed by atoms with van der Waals surface area (Å²) in [5, 5.41) is 1.06. The lowest BCUT2D eigenvalue weighted by molar-refractivity contribution is -0.0771. The molecule has 0 atom stereocenters. The second-order valence-electron chi connectivity index (χ2n) is 5.48. The number of ether oxygens (including phenoxy) is 2. The van der Waals surface area contributed by atoms with Gasteiger partial charge >= 0.3 is 5.56 Å². The van der Waals surface area contributed by atoms with Crippen LogP contribution in [0.25, 0.3) is 0 Å². The van der Waals surface area contributed by atoms with Crippen molar-refractivity contribution in [3.8, 4) is 5.75 Å². The first kappa shape index (κ1) is 20.2. The van der Waals surface area contributed by atoms with E-state index >= 15 is 0 Å². The summed E-state index contributed by atoms with van der Waals surface area (Å²) in [5.41, 5.74) is -0.225. The molecule has 24 heavy (non-hydrogen) atoms. The van der Waals surface area contributed by atoms with Crippen molar-refractivity contribution < 1.29 is 19.1 Å². The van der Waals surface area contributed by atoms with Gasteiger partial charge in [0.2, 0.25) is 5.75 Å². The fourth-order valence-corrected chi connectivity index (χ4v) is 2.06. The van der Waals surface area contributed by atoms with Crippen LogP contribution in [0.3, 0.4) is 0 Å². The molecule has 0 fully saturated rings. The molecule has 138 valence electrons. The third kappa shape index (κ3) is 4.85. The molecule has 0 aliphatic heterocycles. The highest BCUT2D eigenvalue weighted by atomic mass is 16.7. The van der Waals surface area contributed by atoms with Gasteiger partial charge in [-0.2, -0.15) is 0 Å². The zero-order valence-corrected chi connectivity index (χ0v) is 15.3. The number of nitrogens with zero attached hydrogens (tertiary/aromatic N) is 3. The maximum absolute atomic E-state index is 12.6. The molecule has 0 unspecified atom stereocenters. The first-order chi connectivity index (χ1) is 11.5. The lowest BCUT2D eigenvalue weighted by atomic mass is 10.3. The number of aromatic nitrogens is 2. The van der Waals surface area contributed by atoms with Crippen molar-refractivity contribution in [2.24, 2.45) is 7.05 Å². The van der Waals surface area contributed by atoms with Crippen molar-refractivity contribution in [2.45, 2.75) is 46.3 Å². The van der Waals surface area contributed by atoms with Crippen LogP contribution >= 0.6 is 0 Å². The van der Waals surface area contributed by atoms with Gasteiger partial charge < -0.3 is 9.47 Å². The SMILES string of the molecule is CCCCOCn1c(C(=O)N(C)OC)c(OCCCC)c(=O)n1C. The maximum Gasteiger partial charge on any atom is 0.309 e.